The highest BCUT2D eigenvalue weighted by molar-refractivity contribution is 6.33. The Morgan fingerprint density at radius 2 is 1.32 bits per heavy atom. The van der Waals surface area contributed by atoms with E-state index in [4.69, 9.17) is 0 Å². The van der Waals surface area contributed by atoms with Gasteiger partial charge in [0.05, 0.1) is 11.4 Å². The molecule has 2 aromatic rings. The Hall–Kier alpha value is -3.14. The first kappa shape index (κ1) is 13.8. The average molecular weight is 288 g/mol. The predicted octanol–water partition coefficient (Wildman–Crippen LogP) is 4.19. The highest BCUT2D eigenvalue weighted by Gasteiger charge is 2.14. The fourth-order valence-electron chi connectivity index (χ4n) is 2.05. The minimum Gasteiger partial charge on any atom is -0.290 e. The van der Waals surface area contributed by atoms with Crippen molar-refractivity contribution < 1.29 is 9.59 Å². The van der Waals surface area contributed by atoms with Crippen molar-refractivity contribution >= 4 is 28.5 Å². The second-order valence-electron chi connectivity index (χ2n) is 4.74. The summed E-state index contributed by atoms with van der Waals surface area (Å²) in [6.45, 7) is 0. The lowest BCUT2D eigenvalue weighted by Gasteiger charge is -2.06. The van der Waals surface area contributed by atoms with Gasteiger partial charge in [0, 0.05) is 5.57 Å². The zero-order valence-corrected chi connectivity index (χ0v) is 11.6. The van der Waals surface area contributed by atoms with Crippen LogP contribution in [0.15, 0.2) is 83.1 Å². The molecule has 0 atom stereocenters. The molecule has 106 valence electrons. The van der Waals surface area contributed by atoms with Crippen molar-refractivity contribution in [3.63, 3.8) is 0 Å². The first-order valence-electron chi connectivity index (χ1n) is 6.78. The monoisotopic (exact) mass is 288 g/mol. The van der Waals surface area contributed by atoms with Gasteiger partial charge in [0.2, 0.25) is 0 Å². The van der Waals surface area contributed by atoms with Gasteiger partial charge in [-0.3, -0.25) is 9.59 Å². The molecule has 2 aromatic carbocycles. The molecule has 22 heavy (non-hydrogen) atoms. The van der Waals surface area contributed by atoms with Crippen molar-refractivity contribution in [1.29, 1.82) is 0 Å². The maximum absolute atomic E-state index is 11.8. The van der Waals surface area contributed by atoms with Crippen LogP contribution in [0.4, 0.5) is 11.4 Å². The van der Waals surface area contributed by atoms with E-state index in [0.29, 0.717) is 16.8 Å². The van der Waals surface area contributed by atoms with Crippen LogP contribution in [0.25, 0.3) is 5.57 Å². The molecule has 4 nitrogen and oxygen atoms in total. The van der Waals surface area contributed by atoms with E-state index in [-0.39, 0.29) is 11.6 Å². The Labute approximate surface area is 127 Å². The normalized spacial score (nSPS) is 14.5. The molecule has 0 radical (unpaired) electrons. The van der Waals surface area contributed by atoms with Crippen molar-refractivity contribution in [1.82, 2.24) is 0 Å². The van der Waals surface area contributed by atoms with Crippen molar-refractivity contribution in [3.05, 3.63) is 78.4 Å². The van der Waals surface area contributed by atoms with Crippen LogP contribution in [-0.4, -0.2) is 11.6 Å². The first-order chi connectivity index (χ1) is 10.7. The van der Waals surface area contributed by atoms with Crippen LogP contribution in [0.1, 0.15) is 5.56 Å². The van der Waals surface area contributed by atoms with Gasteiger partial charge in [0.1, 0.15) is 0 Å². The number of carbonyl (C=O) groups excluding carboxylic acids is 2. The maximum Gasteiger partial charge on any atom is 0.186 e. The molecule has 0 unspecified atom stereocenters. The van der Waals surface area contributed by atoms with Gasteiger partial charge in [0.15, 0.2) is 11.6 Å². The van der Waals surface area contributed by atoms with Crippen LogP contribution >= 0.6 is 0 Å². The number of benzene rings is 2. The fourth-order valence-corrected chi connectivity index (χ4v) is 2.05. The lowest BCUT2D eigenvalue weighted by molar-refractivity contribution is -0.113. The van der Waals surface area contributed by atoms with Gasteiger partial charge in [0.25, 0.3) is 0 Å². The van der Waals surface area contributed by atoms with Crippen LogP contribution in [0.3, 0.4) is 0 Å². The average Bonchev–Trinajstić information content (AvgIpc) is 2.57. The Kier molecular flexibility index (Phi) is 3.83. The third-order valence-corrected chi connectivity index (χ3v) is 3.17. The smallest absolute Gasteiger partial charge is 0.186 e. The minimum absolute atomic E-state index is 0.168. The van der Waals surface area contributed by atoms with E-state index in [0.717, 1.165) is 5.69 Å². The highest BCUT2D eigenvalue weighted by Crippen LogP contribution is 2.23. The molecule has 0 amide bonds. The molecule has 0 spiro atoms. The first-order valence-corrected chi connectivity index (χ1v) is 6.78. The molecule has 0 heterocycles. The predicted molar refractivity (Wildman–Crippen MR) is 84.2 cm³/mol. The lowest BCUT2D eigenvalue weighted by atomic mass is 9.96. The number of nitrogens with zero attached hydrogens (tertiary/aromatic N) is 2. The molecule has 0 N–H and O–H groups in total. The summed E-state index contributed by atoms with van der Waals surface area (Å²) < 4.78 is 0. The molecule has 3 rings (SSSR count). The Bertz CT molecular complexity index is 801. The van der Waals surface area contributed by atoms with Crippen LogP contribution < -0.4 is 0 Å². The van der Waals surface area contributed by atoms with E-state index in [9.17, 15) is 9.59 Å². The number of hydrogen-bond donors (Lipinski definition) is 0. The second-order valence-corrected chi connectivity index (χ2v) is 4.74. The zero-order valence-electron chi connectivity index (χ0n) is 11.6. The second kappa shape index (κ2) is 6.10. The summed E-state index contributed by atoms with van der Waals surface area (Å²) in [4.78, 5) is 23.2. The SMILES string of the molecule is O=C1C=CC(=O)C(c2ccc(N=Nc3ccccc3)cc2)=C1. The molecule has 4 heteroatoms. The van der Waals surface area contributed by atoms with Crippen LogP contribution in [0, 0.1) is 0 Å². The summed E-state index contributed by atoms with van der Waals surface area (Å²) >= 11 is 0. The number of hydrogen-bond acceptors (Lipinski definition) is 4. The van der Waals surface area contributed by atoms with E-state index >= 15 is 0 Å². The summed E-state index contributed by atoms with van der Waals surface area (Å²) in [5.74, 6) is -0.347. The van der Waals surface area contributed by atoms with E-state index < -0.39 is 0 Å². The van der Waals surface area contributed by atoms with Gasteiger partial charge in [-0.05, 0) is 48.1 Å². The van der Waals surface area contributed by atoms with E-state index in [1.54, 1.807) is 24.3 Å². The Balaban J connectivity index is 1.80. The van der Waals surface area contributed by atoms with Gasteiger partial charge in [-0.2, -0.15) is 10.2 Å². The van der Waals surface area contributed by atoms with E-state index in [2.05, 4.69) is 10.2 Å². The van der Waals surface area contributed by atoms with Crippen LogP contribution in [0.2, 0.25) is 0 Å². The van der Waals surface area contributed by atoms with Crippen LogP contribution in [0.5, 0.6) is 0 Å². The van der Waals surface area contributed by atoms with Crippen molar-refractivity contribution in [2.75, 3.05) is 0 Å². The number of allylic oxidation sites excluding steroid dienone is 4. The molecule has 0 saturated carbocycles. The quantitative estimate of drug-likeness (QED) is 0.628. The van der Waals surface area contributed by atoms with Gasteiger partial charge < -0.3 is 0 Å². The summed E-state index contributed by atoms with van der Waals surface area (Å²) in [6.07, 6.45) is 3.91. The highest BCUT2D eigenvalue weighted by atomic mass is 16.1. The van der Waals surface area contributed by atoms with Crippen molar-refractivity contribution in [2.45, 2.75) is 0 Å². The minimum atomic E-state index is -0.178. The Morgan fingerprint density at radius 3 is 2.00 bits per heavy atom. The standard InChI is InChI=1S/C18H12N2O2/c21-16-10-11-18(22)17(12-16)13-6-8-15(9-7-13)20-19-14-4-2-1-3-5-14/h1-12H. The summed E-state index contributed by atoms with van der Waals surface area (Å²) in [7, 11) is 0. The number of carbonyl (C=O) groups is 2. The van der Waals surface area contributed by atoms with Gasteiger partial charge in [-0.1, -0.05) is 30.3 Å². The fraction of sp³-hybridized carbons (Fsp3) is 0. The third-order valence-electron chi connectivity index (χ3n) is 3.17. The molecule has 0 aromatic heterocycles. The largest absolute Gasteiger partial charge is 0.290 e. The molecule has 1 aliphatic carbocycles. The molecule has 1 aliphatic rings. The van der Waals surface area contributed by atoms with Crippen molar-refractivity contribution in [2.24, 2.45) is 10.2 Å². The molecule has 0 fully saturated rings. The maximum atomic E-state index is 11.8. The van der Waals surface area contributed by atoms with Gasteiger partial charge >= 0.3 is 0 Å². The molecule has 0 saturated heterocycles. The summed E-state index contributed by atoms with van der Waals surface area (Å²) in [5.41, 5.74) is 2.55. The zero-order chi connectivity index (χ0) is 15.4. The summed E-state index contributed by atoms with van der Waals surface area (Å²) in [6, 6.07) is 16.5. The third kappa shape index (κ3) is 3.12. The lowest BCUT2D eigenvalue weighted by Crippen LogP contribution is -2.06. The number of ketones is 2. The van der Waals surface area contributed by atoms with E-state index in [1.165, 1.54) is 18.2 Å². The van der Waals surface area contributed by atoms with Gasteiger partial charge in [-0.15, -0.1) is 0 Å². The molecule has 0 bridgehead atoms. The topological polar surface area (TPSA) is 58.9 Å². The van der Waals surface area contributed by atoms with Crippen molar-refractivity contribution in [3.8, 4) is 0 Å². The van der Waals surface area contributed by atoms with Gasteiger partial charge in [-0.25, -0.2) is 0 Å². The van der Waals surface area contributed by atoms with E-state index in [1.807, 2.05) is 30.3 Å². The number of rotatable bonds is 3. The van der Waals surface area contributed by atoms with Crippen LogP contribution in [-0.2, 0) is 9.59 Å². The Morgan fingerprint density at radius 1 is 0.682 bits per heavy atom. The number of azo groups is 1. The summed E-state index contributed by atoms with van der Waals surface area (Å²) in [5, 5.41) is 8.26. The molecule has 0 aliphatic heterocycles. The molecular weight excluding hydrogens is 276 g/mol. The molecular formula is C18H12N2O2.